The largest absolute Gasteiger partial charge is 0.480 e. The third kappa shape index (κ3) is 3.22. The first-order valence-corrected chi connectivity index (χ1v) is 4.80. The van der Waals surface area contributed by atoms with E-state index in [9.17, 15) is 0 Å². The van der Waals surface area contributed by atoms with Crippen molar-refractivity contribution >= 4 is 0 Å². The Morgan fingerprint density at radius 2 is 2.33 bits per heavy atom. The zero-order valence-electron chi connectivity index (χ0n) is 9.03. The van der Waals surface area contributed by atoms with Crippen molar-refractivity contribution in [3.63, 3.8) is 0 Å². The number of nitrogens with zero attached hydrogens (tertiary/aromatic N) is 2. The smallest absolute Gasteiger partial charge is 0.233 e. The zero-order valence-corrected chi connectivity index (χ0v) is 9.03. The van der Waals surface area contributed by atoms with E-state index in [0.717, 1.165) is 18.5 Å². The number of methoxy groups -OCH3 is 1. The van der Waals surface area contributed by atoms with E-state index in [2.05, 4.69) is 21.4 Å². The molecule has 0 amide bonds. The van der Waals surface area contributed by atoms with Crippen LogP contribution in [0.3, 0.4) is 0 Å². The van der Waals surface area contributed by atoms with E-state index in [4.69, 9.17) is 11.2 Å². The monoisotopic (exact) mass is 205 g/mol. The third-order valence-corrected chi connectivity index (χ3v) is 2.15. The van der Waals surface area contributed by atoms with Crippen LogP contribution in [-0.4, -0.2) is 24.4 Å². The Hall–Kier alpha value is -1.60. The van der Waals surface area contributed by atoms with Crippen molar-refractivity contribution < 1.29 is 4.74 Å². The maximum atomic E-state index is 5.22. The van der Waals surface area contributed by atoms with Crippen LogP contribution in [0.15, 0.2) is 12.1 Å². The fraction of sp³-hybridized carbons (Fsp3) is 0.455. The summed E-state index contributed by atoms with van der Waals surface area (Å²) in [7, 11) is 3.45. The molecule has 0 bridgehead atoms. The highest BCUT2D eigenvalue weighted by atomic mass is 16.5. The molecule has 80 valence electrons. The van der Waals surface area contributed by atoms with Crippen LogP contribution in [-0.2, 0) is 0 Å². The van der Waals surface area contributed by atoms with Crippen LogP contribution in [0.2, 0.25) is 0 Å². The van der Waals surface area contributed by atoms with Crippen molar-refractivity contribution in [1.29, 1.82) is 0 Å². The number of rotatable bonds is 5. The summed E-state index contributed by atoms with van der Waals surface area (Å²) in [6.07, 6.45) is 6.80. The van der Waals surface area contributed by atoms with Gasteiger partial charge in [0, 0.05) is 12.5 Å². The molecular weight excluding hydrogens is 190 g/mol. The number of terminal acetylenes is 1. The van der Waals surface area contributed by atoms with Gasteiger partial charge in [-0.1, -0.05) is 0 Å². The van der Waals surface area contributed by atoms with Crippen LogP contribution in [0.1, 0.15) is 24.6 Å². The van der Waals surface area contributed by atoms with Crippen LogP contribution in [0.4, 0.5) is 0 Å². The molecule has 0 aliphatic rings. The second-order valence-electron chi connectivity index (χ2n) is 3.08. The minimum absolute atomic E-state index is 0.152. The maximum absolute atomic E-state index is 5.22. The summed E-state index contributed by atoms with van der Waals surface area (Å²) in [4.78, 5) is 0. The van der Waals surface area contributed by atoms with Gasteiger partial charge in [0.2, 0.25) is 5.88 Å². The second-order valence-corrected chi connectivity index (χ2v) is 3.08. The molecule has 1 N–H and O–H groups in total. The number of hydrogen-bond donors (Lipinski definition) is 1. The van der Waals surface area contributed by atoms with Gasteiger partial charge in [0.05, 0.1) is 18.8 Å². The second kappa shape index (κ2) is 5.99. The summed E-state index contributed by atoms with van der Waals surface area (Å²) in [6, 6.07) is 3.84. The van der Waals surface area contributed by atoms with Gasteiger partial charge in [-0.15, -0.1) is 17.4 Å². The lowest BCUT2D eigenvalue weighted by Crippen LogP contribution is -2.17. The standard InChI is InChI=1S/C11H15N3O/c1-4-5-6-9(12-2)10-7-8-11(15-3)14-13-10/h1,7-9,12H,5-6H2,2-3H3. The molecule has 0 saturated heterocycles. The normalized spacial score (nSPS) is 11.8. The van der Waals surface area contributed by atoms with Crippen molar-refractivity contribution in [2.75, 3.05) is 14.2 Å². The number of nitrogens with one attached hydrogen (secondary N) is 1. The Kier molecular flexibility index (Phi) is 4.58. The van der Waals surface area contributed by atoms with Crippen LogP contribution in [0.5, 0.6) is 5.88 Å². The van der Waals surface area contributed by atoms with Gasteiger partial charge in [0.15, 0.2) is 0 Å². The molecule has 1 atom stereocenters. The summed E-state index contributed by atoms with van der Waals surface area (Å²) in [6.45, 7) is 0. The molecule has 0 saturated carbocycles. The van der Waals surface area contributed by atoms with E-state index >= 15 is 0 Å². The zero-order chi connectivity index (χ0) is 11.1. The Morgan fingerprint density at radius 1 is 1.53 bits per heavy atom. The fourth-order valence-corrected chi connectivity index (χ4v) is 1.29. The molecule has 15 heavy (non-hydrogen) atoms. The van der Waals surface area contributed by atoms with E-state index in [1.165, 1.54) is 0 Å². The third-order valence-electron chi connectivity index (χ3n) is 2.15. The first kappa shape index (κ1) is 11.5. The van der Waals surface area contributed by atoms with E-state index in [1.807, 2.05) is 13.1 Å². The lowest BCUT2D eigenvalue weighted by atomic mass is 10.1. The summed E-state index contributed by atoms with van der Waals surface area (Å²) in [5, 5.41) is 11.1. The number of ether oxygens (including phenoxy) is 1. The van der Waals surface area contributed by atoms with Crippen molar-refractivity contribution in [3.8, 4) is 18.2 Å². The molecule has 0 fully saturated rings. The lowest BCUT2D eigenvalue weighted by Gasteiger charge is -2.13. The summed E-state index contributed by atoms with van der Waals surface area (Å²) >= 11 is 0. The molecule has 0 aliphatic carbocycles. The highest BCUT2D eigenvalue weighted by molar-refractivity contribution is 5.14. The SMILES string of the molecule is C#CCCC(NC)c1ccc(OC)nn1. The maximum Gasteiger partial charge on any atom is 0.233 e. The van der Waals surface area contributed by atoms with Gasteiger partial charge in [0.25, 0.3) is 0 Å². The summed E-state index contributed by atoms with van der Waals surface area (Å²) in [5.41, 5.74) is 0.883. The van der Waals surface area contributed by atoms with E-state index in [0.29, 0.717) is 5.88 Å². The van der Waals surface area contributed by atoms with Crippen molar-refractivity contribution in [3.05, 3.63) is 17.8 Å². The van der Waals surface area contributed by atoms with Gasteiger partial charge < -0.3 is 10.1 Å². The summed E-state index contributed by atoms with van der Waals surface area (Å²) < 4.78 is 4.94. The molecule has 1 unspecified atom stereocenters. The predicted molar refractivity (Wildman–Crippen MR) is 58.5 cm³/mol. The van der Waals surface area contributed by atoms with Gasteiger partial charge in [-0.2, -0.15) is 5.10 Å². The topological polar surface area (TPSA) is 47.0 Å². The Labute approximate surface area is 90.1 Å². The molecule has 1 rings (SSSR count). The van der Waals surface area contributed by atoms with Gasteiger partial charge in [-0.05, 0) is 19.5 Å². The highest BCUT2D eigenvalue weighted by Crippen LogP contribution is 2.16. The lowest BCUT2D eigenvalue weighted by molar-refractivity contribution is 0.389. The molecular formula is C11H15N3O. The average Bonchev–Trinajstić information content (AvgIpc) is 2.31. The van der Waals surface area contributed by atoms with Crippen molar-refractivity contribution in [2.45, 2.75) is 18.9 Å². The quantitative estimate of drug-likeness (QED) is 0.733. The van der Waals surface area contributed by atoms with Gasteiger partial charge in [-0.25, -0.2) is 0 Å². The molecule has 0 aromatic carbocycles. The predicted octanol–water partition coefficient (Wildman–Crippen LogP) is 1.16. The minimum Gasteiger partial charge on any atom is -0.480 e. The first-order valence-electron chi connectivity index (χ1n) is 4.80. The molecule has 1 aromatic heterocycles. The molecule has 0 spiro atoms. The molecule has 4 nitrogen and oxygen atoms in total. The Morgan fingerprint density at radius 3 is 2.80 bits per heavy atom. The Bertz CT molecular complexity index is 329. The van der Waals surface area contributed by atoms with E-state index in [-0.39, 0.29) is 6.04 Å². The molecule has 4 heteroatoms. The van der Waals surface area contributed by atoms with Crippen molar-refractivity contribution in [1.82, 2.24) is 15.5 Å². The molecule has 0 radical (unpaired) electrons. The highest BCUT2D eigenvalue weighted by Gasteiger charge is 2.10. The molecule has 1 heterocycles. The van der Waals surface area contributed by atoms with Crippen molar-refractivity contribution in [2.24, 2.45) is 0 Å². The fourth-order valence-electron chi connectivity index (χ4n) is 1.29. The number of aromatic nitrogens is 2. The van der Waals surface area contributed by atoms with Gasteiger partial charge in [0.1, 0.15) is 0 Å². The van der Waals surface area contributed by atoms with Gasteiger partial charge in [-0.3, -0.25) is 0 Å². The van der Waals surface area contributed by atoms with Crippen LogP contribution in [0, 0.1) is 12.3 Å². The number of hydrogen-bond acceptors (Lipinski definition) is 4. The van der Waals surface area contributed by atoms with Crippen LogP contribution >= 0.6 is 0 Å². The Balaban J connectivity index is 2.70. The first-order chi connectivity index (χ1) is 7.31. The molecule has 0 aliphatic heterocycles. The van der Waals surface area contributed by atoms with Crippen LogP contribution < -0.4 is 10.1 Å². The molecule has 1 aromatic rings. The van der Waals surface area contributed by atoms with Crippen LogP contribution in [0.25, 0.3) is 0 Å². The van der Waals surface area contributed by atoms with Gasteiger partial charge >= 0.3 is 0 Å². The minimum atomic E-state index is 0.152. The van der Waals surface area contributed by atoms with E-state index in [1.54, 1.807) is 13.2 Å². The van der Waals surface area contributed by atoms with E-state index < -0.39 is 0 Å². The average molecular weight is 205 g/mol. The summed E-state index contributed by atoms with van der Waals surface area (Å²) in [5.74, 6) is 3.13.